The predicted molar refractivity (Wildman–Crippen MR) is 139 cm³/mol. The minimum Gasteiger partial charge on any atom is -0.456 e. The Kier molecular flexibility index (Phi) is 3.38. The number of benzene rings is 5. The molecule has 0 saturated carbocycles. The number of para-hydroxylation sites is 1. The average Bonchev–Trinajstić information content (AvgIpc) is 3.52. The normalized spacial score (nSPS) is 14.4. The summed E-state index contributed by atoms with van der Waals surface area (Å²) in [6, 6.07) is 38.0. The largest absolute Gasteiger partial charge is 0.456 e. The summed E-state index contributed by atoms with van der Waals surface area (Å²) in [7, 11) is 0. The minimum atomic E-state index is -0.310. The van der Waals surface area contributed by atoms with Crippen LogP contribution in [-0.4, -0.2) is 0 Å². The van der Waals surface area contributed by atoms with Crippen molar-refractivity contribution in [2.45, 2.75) is 18.8 Å². The van der Waals surface area contributed by atoms with Gasteiger partial charge in [0, 0.05) is 10.8 Å². The third-order valence-corrected chi connectivity index (χ3v) is 8.07. The van der Waals surface area contributed by atoms with Crippen LogP contribution in [0.25, 0.3) is 44.2 Å². The molecule has 1 heteroatoms. The van der Waals surface area contributed by atoms with Gasteiger partial charge >= 0.3 is 0 Å². The Morgan fingerprint density at radius 2 is 1.29 bits per heavy atom. The van der Waals surface area contributed by atoms with E-state index in [1.54, 1.807) is 0 Å². The average molecular weight is 435 g/mol. The summed E-state index contributed by atoms with van der Waals surface area (Å²) < 4.78 is 6.33. The molecule has 160 valence electrons. The summed E-state index contributed by atoms with van der Waals surface area (Å²) in [6.45, 7) is 2.24. The van der Waals surface area contributed by atoms with E-state index in [1.165, 1.54) is 60.8 Å². The quantitative estimate of drug-likeness (QED) is 0.252. The van der Waals surface area contributed by atoms with Crippen molar-refractivity contribution in [3.63, 3.8) is 0 Å². The second kappa shape index (κ2) is 6.27. The first kappa shape index (κ1) is 18.3. The molecule has 0 unspecified atom stereocenters. The fraction of sp³-hybridized carbons (Fsp3) is 0.0909. The molecule has 34 heavy (non-hydrogen) atoms. The highest BCUT2D eigenvalue weighted by Crippen LogP contribution is 2.64. The molecule has 6 aromatic rings. The van der Waals surface area contributed by atoms with Crippen LogP contribution in [0.3, 0.4) is 0 Å². The molecule has 0 atom stereocenters. The monoisotopic (exact) mass is 434 g/mol. The molecular weight excluding hydrogens is 412 g/mol. The molecule has 2 aliphatic rings. The first-order valence-electron chi connectivity index (χ1n) is 12.1. The lowest BCUT2D eigenvalue weighted by molar-refractivity contribution is 0.668. The smallest absolute Gasteiger partial charge is 0.136 e. The van der Waals surface area contributed by atoms with Gasteiger partial charge in [0.2, 0.25) is 0 Å². The van der Waals surface area contributed by atoms with Crippen molar-refractivity contribution in [1.82, 2.24) is 0 Å². The highest BCUT2D eigenvalue weighted by atomic mass is 16.3. The predicted octanol–water partition coefficient (Wildman–Crippen LogP) is 8.49. The van der Waals surface area contributed by atoms with E-state index >= 15 is 0 Å². The SMILES string of the molecule is CCc1ccc2c(c1)C1(c3ccccc3-c3ccccc31)c1ccc3oc4ccccc4c3c1-2. The van der Waals surface area contributed by atoms with Crippen LogP contribution in [0.15, 0.2) is 108 Å². The van der Waals surface area contributed by atoms with E-state index in [4.69, 9.17) is 4.42 Å². The van der Waals surface area contributed by atoms with Crippen molar-refractivity contribution >= 4 is 21.9 Å². The zero-order valence-electron chi connectivity index (χ0n) is 18.9. The Balaban J connectivity index is 1.64. The standard InChI is InChI=1S/C33H22O/c1-2-20-15-16-23-28(19-20)33(25-12-6-3-9-21(25)22-10-4-7-13-26(22)33)27-17-18-30-32(31(23)27)24-11-5-8-14-29(24)34-30/h3-19H,2H2,1H3. The molecule has 5 aromatic carbocycles. The summed E-state index contributed by atoms with van der Waals surface area (Å²) >= 11 is 0. The van der Waals surface area contributed by atoms with Gasteiger partial charge in [0.05, 0.1) is 5.41 Å². The molecule has 0 amide bonds. The Morgan fingerprint density at radius 3 is 2.06 bits per heavy atom. The molecule has 0 radical (unpaired) electrons. The van der Waals surface area contributed by atoms with Crippen molar-refractivity contribution in [1.29, 1.82) is 0 Å². The van der Waals surface area contributed by atoms with Gasteiger partial charge in [0.1, 0.15) is 11.2 Å². The van der Waals surface area contributed by atoms with Gasteiger partial charge < -0.3 is 4.42 Å². The molecule has 0 fully saturated rings. The first-order chi connectivity index (χ1) is 16.8. The van der Waals surface area contributed by atoms with Gasteiger partial charge in [-0.15, -0.1) is 0 Å². The Hall–Kier alpha value is -4.10. The van der Waals surface area contributed by atoms with Gasteiger partial charge in [-0.25, -0.2) is 0 Å². The van der Waals surface area contributed by atoms with Crippen LogP contribution in [0.4, 0.5) is 0 Å². The van der Waals surface area contributed by atoms with Crippen molar-refractivity contribution in [3.8, 4) is 22.3 Å². The van der Waals surface area contributed by atoms with Crippen LogP contribution >= 0.6 is 0 Å². The molecule has 1 nitrogen and oxygen atoms in total. The van der Waals surface area contributed by atoms with Crippen LogP contribution in [0.2, 0.25) is 0 Å². The number of aryl methyl sites for hydroxylation is 1. The summed E-state index contributed by atoms with van der Waals surface area (Å²) in [4.78, 5) is 0. The lowest BCUT2D eigenvalue weighted by Crippen LogP contribution is -2.26. The third-order valence-electron chi connectivity index (χ3n) is 8.07. The lowest BCUT2D eigenvalue weighted by Gasteiger charge is -2.30. The van der Waals surface area contributed by atoms with Crippen LogP contribution < -0.4 is 0 Å². The second-order valence-corrected chi connectivity index (χ2v) is 9.53. The van der Waals surface area contributed by atoms with Crippen molar-refractivity contribution in [3.05, 3.63) is 131 Å². The van der Waals surface area contributed by atoms with Crippen molar-refractivity contribution in [2.24, 2.45) is 0 Å². The highest BCUT2D eigenvalue weighted by molar-refractivity contribution is 6.16. The summed E-state index contributed by atoms with van der Waals surface area (Å²) in [5.41, 5.74) is 13.9. The van der Waals surface area contributed by atoms with Gasteiger partial charge in [0.15, 0.2) is 0 Å². The first-order valence-corrected chi connectivity index (χ1v) is 12.1. The maximum atomic E-state index is 6.33. The van der Waals surface area contributed by atoms with E-state index in [2.05, 4.69) is 110 Å². The zero-order chi connectivity index (χ0) is 22.4. The van der Waals surface area contributed by atoms with Gasteiger partial charge in [0.25, 0.3) is 0 Å². The second-order valence-electron chi connectivity index (χ2n) is 9.53. The maximum Gasteiger partial charge on any atom is 0.136 e. The topological polar surface area (TPSA) is 13.1 Å². The summed E-state index contributed by atoms with van der Waals surface area (Å²) in [6.07, 6.45) is 1.02. The van der Waals surface area contributed by atoms with E-state index in [0.29, 0.717) is 0 Å². The molecular formula is C33H22O. The molecule has 0 saturated heterocycles. The van der Waals surface area contributed by atoms with Gasteiger partial charge in [-0.1, -0.05) is 97.9 Å². The molecule has 0 bridgehead atoms. The number of rotatable bonds is 1. The highest BCUT2D eigenvalue weighted by Gasteiger charge is 2.52. The fourth-order valence-electron chi connectivity index (χ4n) is 6.71. The van der Waals surface area contributed by atoms with Crippen LogP contribution in [0, 0.1) is 0 Å². The maximum absolute atomic E-state index is 6.33. The van der Waals surface area contributed by atoms with Crippen molar-refractivity contribution < 1.29 is 4.42 Å². The molecule has 0 aliphatic heterocycles. The van der Waals surface area contributed by atoms with E-state index in [-0.39, 0.29) is 5.41 Å². The molecule has 1 heterocycles. The van der Waals surface area contributed by atoms with Crippen molar-refractivity contribution in [2.75, 3.05) is 0 Å². The van der Waals surface area contributed by atoms with Crippen LogP contribution in [0.1, 0.15) is 34.7 Å². The molecule has 0 N–H and O–H groups in total. The lowest BCUT2D eigenvalue weighted by atomic mass is 9.70. The van der Waals surface area contributed by atoms with Gasteiger partial charge in [-0.3, -0.25) is 0 Å². The van der Waals surface area contributed by atoms with E-state index in [0.717, 1.165) is 17.6 Å². The molecule has 2 aliphatic carbocycles. The van der Waals surface area contributed by atoms with Gasteiger partial charge in [-0.2, -0.15) is 0 Å². The third kappa shape index (κ3) is 1.98. The van der Waals surface area contributed by atoms with Gasteiger partial charge in [-0.05, 0) is 68.6 Å². The molecule has 1 aromatic heterocycles. The molecule has 1 spiro atoms. The fourth-order valence-corrected chi connectivity index (χ4v) is 6.71. The van der Waals surface area contributed by atoms with Crippen LogP contribution in [-0.2, 0) is 11.8 Å². The van der Waals surface area contributed by atoms with E-state index in [9.17, 15) is 0 Å². The number of hydrogen-bond acceptors (Lipinski definition) is 1. The summed E-state index contributed by atoms with van der Waals surface area (Å²) in [5.74, 6) is 0. The van der Waals surface area contributed by atoms with E-state index < -0.39 is 0 Å². The number of furan rings is 1. The Labute approximate surface area is 198 Å². The number of fused-ring (bicyclic) bond motifs is 14. The summed E-state index contributed by atoms with van der Waals surface area (Å²) in [5, 5.41) is 2.42. The Bertz CT molecular complexity index is 1750. The molecule has 8 rings (SSSR count). The minimum absolute atomic E-state index is 0.310. The van der Waals surface area contributed by atoms with E-state index in [1.807, 2.05) is 0 Å². The van der Waals surface area contributed by atoms with Crippen LogP contribution in [0.5, 0.6) is 0 Å². The Morgan fingerprint density at radius 1 is 0.588 bits per heavy atom. The number of hydrogen-bond donors (Lipinski definition) is 0. The zero-order valence-corrected chi connectivity index (χ0v) is 18.9.